The van der Waals surface area contributed by atoms with Crippen LogP contribution in [0.25, 0.3) is 23.0 Å². The van der Waals surface area contributed by atoms with Crippen LogP contribution in [0.15, 0.2) is 136 Å². The van der Waals surface area contributed by atoms with Crippen molar-refractivity contribution in [3.05, 3.63) is 127 Å². The first-order valence-electron chi connectivity index (χ1n) is 15.0. The number of nitrogens with zero attached hydrogens (tertiary/aromatic N) is 6. The summed E-state index contributed by atoms with van der Waals surface area (Å²) in [6, 6.07) is 31.4. The second-order valence-electron chi connectivity index (χ2n) is 10.8. The van der Waals surface area contributed by atoms with Crippen molar-refractivity contribution in [3.8, 4) is 16.9 Å². The monoisotopic (exact) mass is 662 g/mol. The van der Waals surface area contributed by atoms with Crippen LogP contribution in [0.3, 0.4) is 0 Å². The lowest BCUT2D eigenvalue weighted by atomic mass is 10.0. The molecule has 0 N–H and O–H groups in total. The van der Waals surface area contributed by atoms with Gasteiger partial charge in [0.2, 0.25) is 10.0 Å². The van der Waals surface area contributed by atoms with E-state index in [1.54, 1.807) is 35.1 Å². The number of carbonyl (C=O) groups excluding carboxylic acids is 1. The maximum atomic E-state index is 14.0. The molecule has 236 valence electrons. The van der Waals surface area contributed by atoms with Crippen molar-refractivity contribution in [2.45, 2.75) is 9.92 Å². The third-order valence-electron chi connectivity index (χ3n) is 7.75. The number of ether oxygens (including phenoxy) is 1. The van der Waals surface area contributed by atoms with Crippen LogP contribution in [0.1, 0.15) is 5.56 Å². The van der Waals surface area contributed by atoms with E-state index < -0.39 is 10.0 Å². The van der Waals surface area contributed by atoms with E-state index in [0.717, 1.165) is 10.7 Å². The van der Waals surface area contributed by atoms with Gasteiger partial charge in [-0.1, -0.05) is 66.4 Å². The zero-order valence-corrected chi connectivity index (χ0v) is 26.8. The Bertz CT molecular complexity index is 2040. The molecule has 2 aliphatic rings. The zero-order chi connectivity index (χ0) is 32.2. The Morgan fingerprint density at radius 2 is 1.51 bits per heavy atom. The van der Waals surface area contributed by atoms with Crippen LogP contribution in [0.2, 0.25) is 0 Å². The third-order valence-corrected chi connectivity index (χ3v) is 10.6. The van der Waals surface area contributed by atoms with Crippen LogP contribution in [-0.4, -0.2) is 71.2 Å². The summed E-state index contributed by atoms with van der Waals surface area (Å²) in [6.45, 7) is 1.39. The highest BCUT2D eigenvalue weighted by molar-refractivity contribution is 8.00. The van der Waals surface area contributed by atoms with E-state index in [9.17, 15) is 13.2 Å². The molecule has 2 aromatic heterocycles. The minimum Gasteiger partial charge on any atom is -0.379 e. The third kappa shape index (κ3) is 6.54. The highest BCUT2D eigenvalue weighted by Gasteiger charge is 2.32. The highest BCUT2D eigenvalue weighted by Crippen LogP contribution is 2.32. The maximum absolute atomic E-state index is 14.0. The second kappa shape index (κ2) is 13.5. The van der Waals surface area contributed by atoms with E-state index in [2.05, 4.69) is 4.98 Å². The summed E-state index contributed by atoms with van der Waals surface area (Å²) in [5.41, 5.74) is 4.55. The van der Waals surface area contributed by atoms with Crippen molar-refractivity contribution in [2.75, 3.05) is 37.1 Å². The first-order chi connectivity index (χ1) is 23.0. The van der Waals surface area contributed by atoms with Crippen molar-refractivity contribution >= 4 is 45.2 Å². The van der Waals surface area contributed by atoms with Crippen molar-refractivity contribution in [3.63, 3.8) is 0 Å². The van der Waals surface area contributed by atoms with Gasteiger partial charge in [-0.2, -0.15) is 19.5 Å². The summed E-state index contributed by atoms with van der Waals surface area (Å²) in [7, 11) is -3.66. The summed E-state index contributed by atoms with van der Waals surface area (Å²) < 4.78 is 35.1. The fraction of sp³-hybridized carbons (Fsp3) is 0.143. The number of rotatable bonds is 9. The zero-order valence-electron chi connectivity index (χ0n) is 25.2. The Labute approximate surface area is 277 Å². The molecule has 5 aromatic rings. The average Bonchev–Trinajstić information content (AvgIpc) is 3.70. The number of pyridine rings is 1. The molecule has 0 spiro atoms. The number of hydrazone groups is 1. The molecule has 2 aliphatic heterocycles. The molecule has 12 heteroatoms. The van der Waals surface area contributed by atoms with Crippen LogP contribution >= 0.6 is 11.8 Å². The number of morpholine rings is 1. The number of amides is 1. The summed E-state index contributed by atoms with van der Waals surface area (Å²) in [4.78, 5) is 18.6. The van der Waals surface area contributed by atoms with Crippen LogP contribution < -0.4 is 5.01 Å². The van der Waals surface area contributed by atoms with Crippen molar-refractivity contribution in [2.24, 2.45) is 5.10 Å². The summed E-state index contributed by atoms with van der Waals surface area (Å²) in [5, 5.41) is 11.9. The Balaban J connectivity index is 1.28. The summed E-state index contributed by atoms with van der Waals surface area (Å²) >= 11 is 1.50. The molecule has 7 rings (SSSR count). The SMILES string of the molecule is O=C1/C(=C\c2cn(-c3ccccc3)nc2-c2ccc(S(=O)(=O)N3CCOCC3)cc2)C(CSc2ccccn2)=NN1c1ccccc1. The van der Waals surface area contributed by atoms with E-state index >= 15 is 0 Å². The minimum atomic E-state index is -3.66. The van der Waals surface area contributed by atoms with Gasteiger partial charge < -0.3 is 4.74 Å². The normalized spacial score (nSPS) is 16.5. The van der Waals surface area contributed by atoms with Gasteiger partial charge in [-0.15, -0.1) is 0 Å². The number of aromatic nitrogens is 3. The molecule has 4 heterocycles. The second-order valence-corrected chi connectivity index (χ2v) is 13.7. The Morgan fingerprint density at radius 3 is 2.19 bits per heavy atom. The highest BCUT2D eigenvalue weighted by atomic mass is 32.2. The molecule has 0 atom stereocenters. The molecule has 0 radical (unpaired) electrons. The van der Waals surface area contributed by atoms with Gasteiger partial charge in [-0.25, -0.2) is 18.1 Å². The number of benzene rings is 3. The molecule has 10 nitrogen and oxygen atoms in total. The first-order valence-corrected chi connectivity index (χ1v) is 17.5. The Kier molecular flexibility index (Phi) is 8.81. The molecule has 0 aliphatic carbocycles. The van der Waals surface area contributed by atoms with E-state index in [1.807, 2.05) is 91.1 Å². The lowest BCUT2D eigenvalue weighted by Gasteiger charge is -2.26. The standard InChI is InChI=1S/C35H30N6O4S2/c42-35-31(32(25-46-33-13-7-8-18-36-33)37-41(35)29-11-5-2-6-12-29)23-27-24-40(28-9-3-1-4-10-28)38-34(27)26-14-16-30(17-15-26)47(43,44)39-19-21-45-22-20-39/h1-18,23-24H,19-22,25H2/b31-23-. The lowest BCUT2D eigenvalue weighted by molar-refractivity contribution is -0.114. The van der Waals surface area contributed by atoms with E-state index in [0.29, 0.717) is 65.8 Å². The quantitative estimate of drug-likeness (QED) is 0.151. The van der Waals surface area contributed by atoms with Crippen molar-refractivity contribution < 1.29 is 17.9 Å². The van der Waals surface area contributed by atoms with Crippen molar-refractivity contribution in [1.29, 1.82) is 0 Å². The van der Waals surface area contributed by atoms with Crippen LogP contribution in [0, 0.1) is 0 Å². The van der Waals surface area contributed by atoms with Crippen LogP contribution in [0.5, 0.6) is 0 Å². The van der Waals surface area contributed by atoms with E-state index in [1.165, 1.54) is 21.1 Å². The van der Waals surface area contributed by atoms with Gasteiger partial charge in [0.05, 0.1) is 51.5 Å². The number of sulfonamides is 1. The first kappa shape index (κ1) is 30.8. The predicted molar refractivity (Wildman–Crippen MR) is 183 cm³/mol. The Hall–Kier alpha value is -4.88. The van der Waals surface area contributed by atoms with Gasteiger partial charge in [0.25, 0.3) is 5.91 Å². The molecule has 1 amide bonds. The molecular weight excluding hydrogens is 633 g/mol. The number of carbonyl (C=O) groups is 1. The van der Waals surface area contributed by atoms with Gasteiger partial charge in [0.1, 0.15) is 0 Å². The molecule has 1 saturated heterocycles. The van der Waals surface area contributed by atoms with Gasteiger partial charge in [0.15, 0.2) is 0 Å². The molecule has 0 saturated carbocycles. The molecule has 0 bridgehead atoms. The Morgan fingerprint density at radius 1 is 0.830 bits per heavy atom. The predicted octanol–water partition coefficient (Wildman–Crippen LogP) is 5.53. The molecule has 47 heavy (non-hydrogen) atoms. The van der Waals surface area contributed by atoms with Crippen LogP contribution in [-0.2, 0) is 19.6 Å². The minimum absolute atomic E-state index is 0.205. The topological polar surface area (TPSA) is 110 Å². The molecular formula is C35H30N6O4S2. The maximum Gasteiger partial charge on any atom is 0.280 e. The van der Waals surface area contributed by atoms with Gasteiger partial charge in [-0.05, 0) is 54.6 Å². The van der Waals surface area contributed by atoms with E-state index in [4.69, 9.17) is 14.9 Å². The fourth-order valence-corrected chi connectivity index (χ4v) is 7.55. The summed E-state index contributed by atoms with van der Waals surface area (Å²) in [5.74, 6) is 0.173. The van der Waals surface area contributed by atoms with E-state index in [-0.39, 0.29) is 10.8 Å². The number of para-hydroxylation sites is 2. The molecule has 0 unspecified atom stereocenters. The summed E-state index contributed by atoms with van der Waals surface area (Å²) in [6.07, 6.45) is 5.43. The van der Waals surface area contributed by atoms with Crippen molar-refractivity contribution in [1.82, 2.24) is 19.1 Å². The van der Waals surface area contributed by atoms with Gasteiger partial charge in [0, 0.05) is 42.4 Å². The van der Waals surface area contributed by atoms with Gasteiger partial charge in [-0.3, -0.25) is 4.79 Å². The average molecular weight is 663 g/mol. The lowest BCUT2D eigenvalue weighted by Crippen LogP contribution is -2.40. The van der Waals surface area contributed by atoms with Gasteiger partial charge >= 0.3 is 0 Å². The fourth-order valence-electron chi connectivity index (χ4n) is 5.33. The number of anilines is 1. The molecule has 1 fully saturated rings. The largest absolute Gasteiger partial charge is 0.379 e. The number of thioether (sulfide) groups is 1. The smallest absolute Gasteiger partial charge is 0.280 e. The van der Waals surface area contributed by atoms with Crippen LogP contribution in [0.4, 0.5) is 5.69 Å². The number of hydrogen-bond donors (Lipinski definition) is 0. The number of hydrogen-bond acceptors (Lipinski definition) is 8. The molecule has 3 aromatic carbocycles.